The van der Waals surface area contributed by atoms with E-state index in [1.165, 1.54) is 38.5 Å². The summed E-state index contributed by atoms with van der Waals surface area (Å²) in [5.74, 6) is 2.59. The summed E-state index contributed by atoms with van der Waals surface area (Å²) in [7, 11) is 3.62. The number of ether oxygens (including phenoxy) is 1. The first-order valence-electron chi connectivity index (χ1n) is 8.40. The molecule has 1 aromatic rings. The molecule has 4 aliphatic rings. The summed E-state index contributed by atoms with van der Waals surface area (Å²) in [4.78, 5) is 14.9. The van der Waals surface area contributed by atoms with E-state index in [0.29, 0.717) is 12.4 Å². The maximum absolute atomic E-state index is 12.9. The predicted molar refractivity (Wildman–Crippen MR) is 82.2 cm³/mol. The molecule has 0 unspecified atom stereocenters. The molecule has 5 heteroatoms. The molecule has 0 saturated heterocycles. The van der Waals surface area contributed by atoms with E-state index in [4.69, 9.17) is 4.74 Å². The van der Waals surface area contributed by atoms with Crippen molar-refractivity contribution in [3.8, 4) is 0 Å². The second-order valence-corrected chi connectivity index (χ2v) is 7.66. The van der Waals surface area contributed by atoms with Crippen molar-refractivity contribution in [3.63, 3.8) is 0 Å². The summed E-state index contributed by atoms with van der Waals surface area (Å²) in [6.45, 7) is 0.383. The minimum atomic E-state index is 0.0665. The number of hydrogen-bond acceptors (Lipinski definition) is 3. The Kier molecular flexibility index (Phi) is 3.29. The van der Waals surface area contributed by atoms with E-state index >= 15 is 0 Å². The number of hydrogen-bond donors (Lipinski definition) is 0. The average Bonchev–Trinajstić information content (AvgIpc) is 2.93. The van der Waals surface area contributed by atoms with E-state index in [-0.39, 0.29) is 11.4 Å². The Morgan fingerprint density at radius 2 is 1.91 bits per heavy atom. The van der Waals surface area contributed by atoms with Crippen LogP contribution in [0.5, 0.6) is 0 Å². The maximum atomic E-state index is 12.9. The van der Waals surface area contributed by atoms with Crippen LogP contribution in [-0.4, -0.2) is 40.3 Å². The number of rotatable bonds is 4. The molecule has 0 atom stereocenters. The predicted octanol–water partition coefficient (Wildman–Crippen LogP) is 2.53. The second-order valence-electron chi connectivity index (χ2n) is 7.66. The van der Waals surface area contributed by atoms with Crippen LogP contribution in [0.15, 0.2) is 12.3 Å². The van der Waals surface area contributed by atoms with Crippen molar-refractivity contribution in [2.45, 2.75) is 50.8 Å². The molecule has 0 N–H and O–H groups in total. The largest absolute Gasteiger partial charge is 0.362 e. The van der Waals surface area contributed by atoms with Gasteiger partial charge in [0.05, 0.1) is 0 Å². The van der Waals surface area contributed by atoms with E-state index in [1.807, 2.05) is 18.1 Å². The molecule has 4 aliphatic carbocycles. The summed E-state index contributed by atoms with van der Waals surface area (Å²) in [6, 6.07) is 1.80. The van der Waals surface area contributed by atoms with Gasteiger partial charge in [0.2, 0.25) is 0 Å². The molecule has 22 heavy (non-hydrogen) atoms. The third-order valence-electron chi connectivity index (χ3n) is 6.14. The van der Waals surface area contributed by atoms with Crippen LogP contribution in [-0.2, 0) is 11.5 Å². The molecule has 4 bridgehead atoms. The van der Waals surface area contributed by atoms with Gasteiger partial charge in [-0.05, 0) is 62.3 Å². The molecule has 0 aromatic carbocycles. The normalized spacial score (nSPS) is 35.8. The lowest BCUT2D eigenvalue weighted by atomic mass is 9.52. The third-order valence-corrected chi connectivity index (χ3v) is 6.14. The zero-order valence-corrected chi connectivity index (χ0v) is 13.5. The van der Waals surface area contributed by atoms with Crippen LogP contribution in [0.3, 0.4) is 0 Å². The molecule has 1 heterocycles. The number of amides is 1. The highest BCUT2D eigenvalue weighted by Crippen LogP contribution is 2.57. The van der Waals surface area contributed by atoms with Gasteiger partial charge in [-0.25, -0.2) is 4.68 Å². The number of carbonyl (C=O) groups is 1. The van der Waals surface area contributed by atoms with Crippen LogP contribution < -0.4 is 0 Å². The Balaban J connectivity index is 1.55. The van der Waals surface area contributed by atoms with E-state index in [2.05, 4.69) is 5.10 Å². The monoisotopic (exact) mass is 303 g/mol. The molecule has 0 aliphatic heterocycles. The van der Waals surface area contributed by atoms with E-state index in [9.17, 15) is 4.79 Å². The summed E-state index contributed by atoms with van der Waals surface area (Å²) in [5, 5.41) is 4.35. The molecule has 4 saturated carbocycles. The van der Waals surface area contributed by atoms with Crippen LogP contribution in [0.2, 0.25) is 0 Å². The van der Waals surface area contributed by atoms with Crippen molar-refractivity contribution < 1.29 is 9.53 Å². The fourth-order valence-corrected chi connectivity index (χ4v) is 5.54. The molecule has 5 nitrogen and oxygen atoms in total. The van der Waals surface area contributed by atoms with Gasteiger partial charge in [0.1, 0.15) is 12.4 Å². The van der Waals surface area contributed by atoms with Gasteiger partial charge >= 0.3 is 0 Å². The van der Waals surface area contributed by atoms with Crippen molar-refractivity contribution in [1.29, 1.82) is 0 Å². The van der Waals surface area contributed by atoms with Gasteiger partial charge in [0.15, 0.2) is 0 Å². The van der Waals surface area contributed by atoms with Gasteiger partial charge in [-0.1, -0.05) is 0 Å². The van der Waals surface area contributed by atoms with Crippen LogP contribution in [0.1, 0.15) is 49.0 Å². The lowest BCUT2D eigenvalue weighted by Gasteiger charge is -2.59. The van der Waals surface area contributed by atoms with E-state index < -0.39 is 0 Å². The van der Waals surface area contributed by atoms with Gasteiger partial charge in [0, 0.05) is 25.9 Å². The molecular weight excluding hydrogens is 278 g/mol. The van der Waals surface area contributed by atoms with Crippen LogP contribution >= 0.6 is 0 Å². The number of methoxy groups -OCH3 is 1. The Morgan fingerprint density at radius 1 is 1.32 bits per heavy atom. The highest BCUT2D eigenvalue weighted by Gasteiger charge is 2.53. The van der Waals surface area contributed by atoms with E-state index in [0.717, 1.165) is 17.8 Å². The zero-order valence-electron chi connectivity index (χ0n) is 13.5. The minimum Gasteiger partial charge on any atom is -0.362 e. The zero-order chi connectivity index (χ0) is 15.3. The van der Waals surface area contributed by atoms with Crippen molar-refractivity contribution in [1.82, 2.24) is 14.7 Å². The topological polar surface area (TPSA) is 47.4 Å². The molecule has 4 fully saturated rings. The van der Waals surface area contributed by atoms with E-state index in [1.54, 1.807) is 17.9 Å². The van der Waals surface area contributed by atoms with Gasteiger partial charge < -0.3 is 9.64 Å². The molecule has 5 rings (SSSR count). The van der Waals surface area contributed by atoms with Gasteiger partial charge in [-0.15, -0.1) is 0 Å². The summed E-state index contributed by atoms with van der Waals surface area (Å²) in [6.07, 6.45) is 9.57. The molecular formula is C17H25N3O2. The SMILES string of the molecule is COCn1ccc(C(=O)N(C)C23CC4CC(CC(C4)C2)C3)n1. The summed E-state index contributed by atoms with van der Waals surface area (Å²) < 4.78 is 6.72. The van der Waals surface area contributed by atoms with Crippen LogP contribution in [0.25, 0.3) is 0 Å². The second kappa shape index (κ2) is 5.08. The van der Waals surface area contributed by atoms with Gasteiger partial charge in [0.25, 0.3) is 5.91 Å². The molecule has 0 spiro atoms. The highest BCUT2D eigenvalue weighted by atomic mass is 16.5. The first kappa shape index (κ1) is 14.2. The quantitative estimate of drug-likeness (QED) is 0.859. The summed E-state index contributed by atoms with van der Waals surface area (Å²) in [5.41, 5.74) is 0.631. The lowest BCUT2D eigenvalue weighted by Crippen LogP contribution is -2.60. The first-order valence-corrected chi connectivity index (χ1v) is 8.40. The van der Waals surface area contributed by atoms with Crippen molar-refractivity contribution >= 4 is 5.91 Å². The molecule has 1 amide bonds. The summed E-state index contributed by atoms with van der Waals surface area (Å²) >= 11 is 0. The molecule has 0 radical (unpaired) electrons. The Morgan fingerprint density at radius 3 is 2.45 bits per heavy atom. The van der Waals surface area contributed by atoms with Crippen molar-refractivity contribution in [2.75, 3.05) is 14.2 Å². The minimum absolute atomic E-state index is 0.0665. The Hall–Kier alpha value is -1.36. The van der Waals surface area contributed by atoms with Crippen LogP contribution in [0.4, 0.5) is 0 Å². The number of aromatic nitrogens is 2. The number of nitrogens with zero attached hydrogens (tertiary/aromatic N) is 3. The highest BCUT2D eigenvalue weighted by molar-refractivity contribution is 5.92. The van der Waals surface area contributed by atoms with Crippen molar-refractivity contribution in [2.24, 2.45) is 17.8 Å². The van der Waals surface area contributed by atoms with Gasteiger partial charge in [-0.2, -0.15) is 5.10 Å². The smallest absolute Gasteiger partial charge is 0.274 e. The fraction of sp³-hybridized carbons (Fsp3) is 0.765. The fourth-order valence-electron chi connectivity index (χ4n) is 5.54. The Bertz CT molecular complexity index is 545. The van der Waals surface area contributed by atoms with Crippen LogP contribution in [0, 0.1) is 17.8 Å². The first-order chi connectivity index (χ1) is 10.6. The van der Waals surface area contributed by atoms with Gasteiger partial charge in [-0.3, -0.25) is 4.79 Å². The lowest BCUT2D eigenvalue weighted by molar-refractivity contribution is -0.0667. The molecule has 1 aromatic heterocycles. The molecule has 120 valence electrons. The maximum Gasteiger partial charge on any atom is 0.274 e. The number of carbonyl (C=O) groups excluding carboxylic acids is 1. The standard InChI is InChI=1S/C17H25N3O2/c1-19(16(21)15-3-4-20(18-15)11-22-2)17-8-12-5-13(9-17)7-14(6-12)10-17/h3-4,12-14H,5-11H2,1-2H3. The Labute approximate surface area is 131 Å². The average molecular weight is 303 g/mol. The third kappa shape index (κ3) is 2.18. The van der Waals surface area contributed by atoms with Crippen molar-refractivity contribution in [3.05, 3.63) is 18.0 Å².